The highest BCUT2D eigenvalue weighted by atomic mass is 35.5. The van der Waals surface area contributed by atoms with Gasteiger partial charge in [-0.05, 0) is 82.3 Å². The maximum Gasteiger partial charge on any atom is 0.254 e. The summed E-state index contributed by atoms with van der Waals surface area (Å²) in [6.45, 7) is 6.05. The Morgan fingerprint density at radius 1 is 0.941 bits per heavy atom. The van der Waals surface area contributed by atoms with E-state index in [1.165, 1.54) is 12.1 Å². The normalized spacial score (nSPS) is 21.6. The quantitative estimate of drug-likeness (QED) is 0.574. The van der Waals surface area contributed by atoms with E-state index in [-0.39, 0.29) is 29.9 Å². The second-order valence-corrected chi connectivity index (χ2v) is 10.4. The van der Waals surface area contributed by atoms with Gasteiger partial charge >= 0.3 is 0 Å². The van der Waals surface area contributed by atoms with Crippen LogP contribution in [-0.2, 0) is 4.79 Å². The van der Waals surface area contributed by atoms with Crippen LogP contribution in [0.1, 0.15) is 78.8 Å². The molecule has 2 N–H and O–H groups in total. The van der Waals surface area contributed by atoms with E-state index in [0.717, 1.165) is 18.4 Å². The molecule has 0 aromatic heterocycles. The van der Waals surface area contributed by atoms with E-state index < -0.39 is 11.4 Å². The summed E-state index contributed by atoms with van der Waals surface area (Å²) >= 11 is 12.0. The molecule has 1 saturated heterocycles. The molecule has 2 aromatic rings. The average molecular weight is 502 g/mol. The number of amides is 3. The fourth-order valence-corrected chi connectivity index (χ4v) is 5.11. The molecule has 180 valence electrons. The van der Waals surface area contributed by atoms with Crippen LogP contribution in [0.5, 0.6) is 0 Å². The van der Waals surface area contributed by atoms with Crippen LogP contribution in [0.2, 0.25) is 10.0 Å². The van der Waals surface area contributed by atoms with E-state index in [0.29, 0.717) is 34.0 Å². The number of halogens is 2. The second-order valence-electron chi connectivity index (χ2n) is 9.50. The Morgan fingerprint density at radius 2 is 1.50 bits per heavy atom. The van der Waals surface area contributed by atoms with E-state index in [2.05, 4.69) is 24.5 Å². The van der Waals surface area contributed by atoms with Crippen molar-refractivity contribution < 1.29 is 14.4 Å². The summed E-state index contributed by atoms with van der Waals surface area (Å²) < 4.78 is 0. The van der Waals surface area contributed by atoms with E-state index in [1.54, 1.807) is 6.07 Å². The van der Waals surface area contributed by atoms with Crippen LogP contribution in [-0.4, -0.2) is 40.2 Å². The second kappa shape index (κ2) is 9.59. The van der Waals surface area contributed by atoms with Gasteiger partial charge in [0.25, 0.3) is 11.8 Å². The number of nitrogens with zero attached hydrogens (tertiary/aromatic N) is 1. The Bertz CT molecular complexity index is 1080. The lowest BCUT2D eigenvalue weighted by Gasteiger charge is -2.26. The summed E-state index contributed by atoms with van der Waals surface area (Å²) in [7, 11) is 0. The molecule has 0 radical (unpaired) electrons. The Hall–Kier alpha value is -2.57. The molecule has 1 aliphatic carbocycles. The first-order valence-electron chi connectivity index (χ1n) is 11.6. The monoisotopic (exact) mass is 501 g/mol. The highest BCUT2D eigenvalue weighted by molar-refractivity contribution is 6.35. The fourth-order valence-electron chi connectivity index (χ4n) is 4.59. The number of rotatable bonds is 6. The van der Waals surface area contributed by atoms with Gasteiger partial charge in [0.1, 0.15) is 5.54 Å². The van der Waals surface area contributed by atoms with Gasteiger partial charge in [-0.1, -0.05) is 35.3 Å². The summed E-state index contributed by atoms with van der Waals surface area (Å²) in [5.74, 6) is -0.583. The molecule has 2 unspecified atom stereocenters. The van der Waals surface area contributed by atoms with Crippen LogP contribution in [0.15, 0.2) is 42.5 Å². The first kappa shape index (κ1) is 24.6. The van der Waals surface area contributed by atoms with Crippen molar-refractivity contribution in [2.75, 3.05) is 0 Å². The SMILES string of the molecule is CC1CCC(C)N1C(=O)c1ccc([C@@H](C)NC(=O)C2(NC(=O)c3cc(Cl)cc(Cl)c3)CC2)cc1. The molecule has 2 aliphatic rings. The predicted molar refractivity (Wildman–Crippen MR) is 133 cm³/mol. The number of hydrogen-bond acceptors (Lipinski definition) is 3. The van der Waals surface area contributed by atoms with Crippen LogP contribution >= 0.6 is 23.2 Å². The van der Waals surface area contributed by atoms with Gasteiger partial charge in [-0.15, -0.1) is 0 Å². The molecule has 0 spiro atoms. The Balaban J connectivity index is 1.38. The number of carbonyl (C=O) groups is 3. The van der Waals surface area contributed by atoms with Crippen LogP contribution < -0.4 is 10.6 Å². The number of benzene rings is 2. The van der Waals surface area contributed by atoms with Crippen molar-refractivity contribution >= 4 is 40.9 Å². The van der Waals surface area contributed by atoms with Gasteiger partial charge in [-0.3, -0.25) is 14.4 Å². The molecule has 3 atom stereocenters. The summed E-state index contributed by atoms with van der Waals surface area (Å²) in [6, 6.07) is 12.2. The molecule has 3 amide bonds. The van der Waals surface area contributed by atoms with Crippen molar-refractivity contribution in [2.45, 2.75) is 70.1 Å². The van der Waals surface area contributed by atoms with Crippen molar-refractivity contribution in [1.29, 1.82) is 0 Å². The lowest BCUT2D eigenvalue weighted by Crippen LogP contribution is -2.49. The van der Waals surface area contributed by atoms with Crippen molar-refractivity contribution in [3.05, 3.63) is 69.2 Å². The topological polar surface area (TPSA) is 78.5 Å². The first-order valence-corrected chi connectivity index (χ1v) is 12.4. The third kappa shape index (κ3) is 5.08. The Labute approximate surface area is 210 Å². The zero-order valence-electron chi connectivity index (χ0n) is 19.5. The largest absolute Gasteiger partial charge is 0.348 e. The molecule has 1 heterocycles. The summed E-state index contributed by atoms with van der Waals surface area (Å²) in [5.41, 5.74) is 0.912. The molecule has 4 rings (SSSR count). The first-order chi connectivity index (χ1) is 16.1. The molecule has 1 aliphatic heterocycles. The van der Waals surface area contributed by atoms with Gasteiger partial charge in [0.2, 0.25) is 5.91 Å². The summed E-state index contributed by atoms with van der Waals surface area (Å²) in [5, 5.41) is 6.55. The van der Waals surface area contributed by atoms with Crippen LogP contribution in [0.4, 0.5) is 0 Å². The molecule has 34 heavy (non-hydrogen) atoms. The third-order valence-electron chi connectivity index (χ3n) is 6.85. The predicted octanol–water partition coefficient (Wildman–Crippen LogP) is 5.15. The van der Waals surface area contributed by atoms with Crippen LogP contribution in [0.3, 0.4) is 0 Å². The van der Waals surface area contributed by atoms with Gasteiger partial charge in [-0.2, -0.15) is 0 Å². The number of carbonyl (C=O) groups excluding carboxylic acids is 3. The molecule has 6 nitrogen and oxygen atoms in total. The molecule has 0 bridgehead atoms. The zero-order chi connectivity index (χ0) is 24.6. The van der Waals surface area contributed by atoms with Gasteiger partial charge in [0.15, 0.2) is 0 Å². The van der Waals surface area contributed by atoms with Crippen molar-refractivity contribution in [1.82, 2.24) is 15.5 Å². The lowest BCUT2D eigenvalue weighted by atomic mass is 10.0. The molecular formula is C26H29Cl2N3O3. The smallest absolute Gasteiger partial charge is 0.254 e. The maximum atomic E-state index is 13.0. The average Bonchev–Trinajstić information content (AvgIpc) is 3.50. The fraction of sp³-hybridized carbons (Fsp3) is 0.423. The van der Waals surface area contributed by atoms with Crippen molar-refractivity contribution in [3.8, 4) is 0 Å². The number of likely N-dealkylation sites (tertiary alicyclic amines) is 1. The maximum absolute atomic E-state index is 13.0. The van der Waals surface area contributed by atoms with E-state index in [9.17, 15) is 14.4 Å². The Kier molecular flexibility index (Phi) is 6.92. The van der Waals surface area contributed by atoms with Crippen molar-refractivity contribution in [3.63, 3.8) is 0 Å². The zero-order valence-corrected chi connectivity index (χ0v) is 21.0. The van der Waals surface area contributed by atoms with Gasteiger partial charge < -0.3 is 15.5 Å². The molecule has 1 saturated carbocycles. The number of hydrogen-bond donors (Lipinski definition) is 2. The van der Waals surface area contributed by atoms with Crippen LogP contribution in [0.25, 0.3) is 0 Å². The van der Waals surface area contributed by atoms with E-state index in [4.69, 9.17) is 23.2 Å². The lowest BCUT2D eigenvalue weighted by molar-refractivity contribution is -0.124. The van der Waals surface area contributed by atoms with E-state index >= 15 is 0 Å². The summed E-state index contributed by atoms with van der Waals surface area (Å²) in [4.78, 5) is 40.6. The highest BCUT2D eigenvalue weighted by Crippen LogP contribution is 2.37. The van der Waals surface area contributed by atoms with Gasteiger partial charge in [0, 0.05) is 33.3 Å². The standard InChI is InChI=1S/C26H29Cl2N3O3/c1-15-4-5-16(2)31(15)24(33)19-8-6-18(7-9-19)17(3)29-25(34)26(10-11-26)30-23(32)20-12-21(27)14-22(28)13-20/h6-9,12-17H,4-5,10-11H2,1-3H3,(H,29,34)(H,30,32)/t15?,16?,17-/m1/s1. The van der Waals surface area contributed by atoms with Crippen LogP contribution in [0, 0.1) is 0 Å². The van der Waals surface area contributed by atoms with Crippen molar-refractivity contribution in [2.24, 2.45) is 0 Å². The van der Waals surface area contributed by atoms with E-state index in [1.807, 2.05) is 36.1 Å². The Morgan fingerprint density at radius 3 is 2.03 bits per heavy atom. The molecular weight excluding hydrogens is 473 g/mol. The number of nitrogens with one attached hydrogen (secondary N) is 2. The minimum absolute atomic E-state index is 0.0431. The van der Waals surface area contributed by atoms with Gasteiger partial charge in [-0.25, -0.2) is 0 Å². The van der Waals surface area contributed by atoms with Gasteiger partial charge in [0.05, 0.1) is 6.04 Å². The highest BCUT2D eigenvalue weighted by Gasteiger charge is 2.51. The minimum Gasteiger partial charge on any atom is -0.348 e. The molecule has 8 heteroatoms. The molecule has 2 aromatic carbocycles. The molecule has 2 fully saturated rings. The summed E-state index contributed by atoms with van der Waals surface area (Å²) in [6.07, 6.45) is 3.17. The minimum atomic E-state index is -0.932. The third-order valence-corrected chi connectivity index (χ3v) is 7.29.